The van der Waals surface area contributed by atoms with Crippen LogP contribution in [0.25, 0.3) is 16.9 Å². The van der Waals surface area contributed by atoms with Gasteiger partial charge in [0.1, 0.15) is 12.2 Å². The highest BCUT2D eigenvalue weighted by Crippen LogP contribution is 2.46. The Hall–Kier alpha value is -3.51. The first-order valence-corrected chi connectivity index (χ1v) is 12.0. The number of halogens is 1. The highest BCUT2D eigenvalue weighted by molar-refractivity contribution is 6.00. The van der Waals surface area contributed by atoms with Crippen molar-refractivity contribution in [3.8, 4) is 17.5 Å². The Morgan fingerprint density at radius 3 is 2.83 bits per heavy atom. The molecule has 0 unspecified atom stereocenters. The van der Waals surface area contributed by atoms with Crippen molar-refractivity contribution in [2.24, 2.45) is 11.8 Å². The van der Waals surface area contributed by atoms with Crippen LogP contribution in [0.15, 0.2) is 36.7 Å². The van der Waals surface area contributed by atoms with Crippen LogP contribution in [0.2, 0.25) is 0 Å². The third-order valence-corrected chi connectivity index (χ3v) is 7.33. The van der Waals surface area contributed by atoms with Gasteiger partial charge < -0.3 is 15.7 Å². The van der Waals surface area contributed by atoms with Crippen LogP contribution in [-0.2, 0) is 0 Å². The van der Waals surface area contributed by atoms with Crippen molar-refractivity contribution in [3.63, 3.8) is 0 Å². The normalized spacial score (nSPS) is 22.2. The van der Waals surface area contributed by atoms with Crippen LogP contribution < -0.4 is 10.6 Å². The minimum Gasteiger partial charge on any atom is -0.387 e. The zero-order chi connectivity index (χ0) is 24.7. The van der Waals surface area contributed by atoms with E-state index in [1.165, 1.54) is 45.5 Å². The Kier molecular flexibility index (Phi) is 5.93. The van der Waals surface area contributed by atoms with E-state index in [4.69, 9.17) is 5.26 Å². The van der Waals surface area contributed by atoms with Gasteiger partial charge in [0.15, 0.2) is 0 Å². The van der Waals surface area contributed by atoms with Crippen LogP contribution >= 0.6 is 0 Å². The lowest BCUT2D eigenvalue weighted by Crippen LogP contribution is -2.42. The molecule has 2 aliphatic rings. The number of pyridine rings is 1. The Labute approximate surface area is 203 Å². The topological polar surface area (TPSA) is 115 Å². The molecule has 3 N–H and O–H groups in total. The number of fused-ring (bicyclic) bond motifs is 3. The van der Waals surface area contributed by atoms with E-state index < -0.39 is 17.7 Å². The molecular weight excluding hydrogens is 447 g/mol. The van der Waals surface area contributed by atoms with Gasteiger partial charge in [0.25, 0.3) is 5.91 Å². The second-order valence-corrected chi connectivity index (χ2v) is 10.3. The molecule has 3 aromatic rings. The number of anilines is 1. The fraction of sp³-hybridized carbons (Fsp3) is 0.462. The van der Waals surface area contributed by atoms with Crippen molar-refractivity contribution in [2.75, 3.05) is 11.9 Å². The number of hydrogen-bond acceptors (Lipinski definition) is 6. The minimum atomic E-state index is -1.60. The van der Waals surface area contributed by atoms with Crippen molar-refractivity contribution in [1.82, 2.24) is 19.9 Å². The highest BCUT2D eigenvalue weighted by atomic mass is 19.1. The average molecular weight is 477 g/mol. The first kappa shape index (κ1) is 23.2. The number of carbonyl (C=O) groups is 1. The molecule has 5 rings (SSSR count). The molecule has 182 valence electrons. The molecule has 0 aliphatic heterocycles. The highest BCUT2D eigenvalue weighted by Gasteiger charge is 2.40. The van der Waals surface area contributed by atoms with Crippen LogP contribution in [0.5, 0.6) is 0 Å². The molecule has 2 saturated carbocycles. The molecule has 2 bridgehead atoms. The van der Waals surface area contributed by atoms with Gasteiger partial charge in [-0.05, 0) is 69.2 Å². The maximum absolute atomic E-state index is 14.2. The summed E-state index contributed by atoms with van der Waals surface area (Å²) in [4.78, 5) is 17.5. The second-order valence-electron chi connectivity index (χ2n) is 10.3. The first-order valence-electron chi connectivity index (χ1n) is 12.0. The third kappa shape index (κ3) is 4.58. The predicted molar refractivity (Wildman–Crippen MR) is 130 cm³/mol. The van der Waals surface area contributed by atoms with Crippen molar-refractivity contribution < 1.29 is 14.3 Å². The number of carbonyl (C=O) groups excluding carboxylic acids is 1. The number of hydrogen-bond donors (Lipinski definition) is 3. The summed E-state index contributed by atoms with van der Waals surface area (Å²) in [5, 5.41) is 29.6. The lowest BCUT2D eigenvalue weighted by atomic mass is 9.95. The Morgan fingerprint density at radius 1 is 1.31 bits per heavy atom. The molecule has 9 heteroatoms. The number of aliphatic hydroxyl groups is 1. The van der Waals surface area contributed by atoms with Crippen molar-refractivity contribution in [2.45, 2.75) is 57.3 Å². The fourth-order valence-electron chi connectivity index (χ4n) is 5.30. The summed E-state index contributed by atoms with van der Waals surface area (Å²) >= 11 is 0. The molecule has 8 nitrogen and oxygen atoms in total. The van der Waals surface area contributed by atoms with Crippen molar-refractivity contribution >= 4 is 17.1 Å². The van der Waals surface area contributed by atoms with Gasteiger partial charge in [0.05, 0.1) is 52.1 Å². The molecule has 0 aromatic carbocycles. The summed E-state index contributed by atoms with van der Waals surface area (Å²) < 4.78 is 16.0. The van der Waals surface area contributed by atoms with Gasteiger partial charge in [-0.15, -0.1) is 0 Å². The molecule has 0 radical (unpaired) electrons. The van der Waals surface area contributed by atoms with Crippen LogP contribution in [0.4, 0.5) is 10.1 Å². The lowest BCUT2D eigenvalue weighted by Gasteiger charge is -2.26. The van der Waals surface area contributed by atoms with E-state index in [0.29, 0.717) is 28.4 Å². The fourth-order valence-corrected chi connectivity index (χ4v) is 5.30. The SMILES string of the molecule is CC(C)(O)[C@H](F)CNC(=O)c1cnc(-c2ccc3cc(C#N)cnn23)cc1N[C@H]1C[C@@H]2CC[C@H]1C2. The quantitative estimate of drug-likeness (QED) is 0.479. The summed E-state index contributed by atoms with van der Waals surface area (Å²) in [6.45, 7) is 2.45. The average Bonchev–Trinajstić information content (AvgIpc) is 3.57. The van der Waals surface area contributed by atoms with Gasteiger partial charge in [-0.3, -0.25) is 9.78 Å². The van der Waals surface area contributed by atoms with Gasteiger partial charge in [-0.25, -0.2) is 8.91 Å². The monoisotopic (exact) mass is 476 g/mol. The number of rotatable bonds is 7. The lowest BCUT2D eigenvalue weighted by molar-refractivity contribution is -0.00177. The Bertz CT molecular complexity index is 1310. The predicted octanol–water partition coefficient (Wildman–Crippen LogP) is 3.71. The minimum absolute atomic E-state index is 0.279. The van der Waals surface area contributed by atoms with Crippen LogP contribution in [0.3, 0.4) is 0 Å². The van der Waals surface area contributed by atoms with Crippen LogP contribution in [0, 0.1) is 23.2 Å². The largest absolute Gasteiger partial charge is 0.387 e. The van der Waals surface area contributed by atoms with Gasteiger partial charge in [0.2, 0.25) is 0 Å². The van der Waals surface area contributed by atoms with Crippen molar-refractivity contribution in [3.05, 3.63) is 47.8 Å². The standard InChI is InChI=1S/C26H29FN6O2/c1-26(2,35)24(27)14-30-25(34)19-13-29-22(10-21(19)32-20-9-15-3-4-17(20)7-15)23-6-5-18-8-16(11-28)12-31-33(18)23/h5-6,8,10,12-13,15,17,20,24,35H,3-4,7,9,14H2,1-2H3,(H,29,32)(H,30,34)/t15-,17+,20+,24-/m1/s1. The number of aromatic nitrogens is 3. The van der Waals surface area contributed by atoms with E-state index in [1.807, 2.05) is 18.2 Å². The third-order valence-electron chi connectivity index (χ3n) is 7.33. The Morgan fingerprint density at radius 2 is 2.14 bits per heavy atom. The maximum atomic E-state index is 14.2. The number of alkyl halides is 1. The van der Waals surface area contributed by atoms with E-state index in [2.05, 4.69) is 26.8 Å². The maximum Gasteiger partial charge on any atom is 0.255 e. The first-order chi connectivity index (χ1) is 16.7. The van der Waals surface area contributed by atoms with Gasteiger partial charge in [-0.1, -0.05) is 6.42 Å². The molecule has 1 amide bonds. The van der Waals surface area contributed by atoms with Gasteiger partial charge in [0, 0.05) is 12.2 Å². The van der Waals surface area contributed by atoms with E-state index >= 15 is 0 Å². The molecule has 0 saturated heterocycles. The molecule has 35 heavy (non-hydrogen) atoms. The summed E-state index contributed by atoms with van der Waals surface area (Å²) in [7, 11) is 0. The van der Waals surface area contributed by atoms with Gasteiger partial charge in [-0.2, -0.15) is 10.4 Å². The molecule has 2 aliphatic carbocycles. The number of nitrogens with zero attached hydrogens (tertiary/aromatic N) is 4. The number of nitrogens with one attached hydrogen (secondary N) is 2. The molecule has 2 fully saturated rings. The summed E-state index contributed by atoms with van der Waals surface area (Å²) in [5.74, 6) is 0.861. The van der Waals surface area contributed by atoms with Crippen molar-refractivity contribution in [1.29, 1.82) is 5.26 Å². The summed E-state index contributed by atoms with van der Waals surface area (Å²) in [5.41, 5.74) is 2.03. The number of amides is 1. The summed E-state index contributed by atoms with van der Waals surface area (Å²) in [6.07, 6.45) is 6.13. The van der Waals surface area contributed by atoms with E-state index in [9.17, 15) is 14.3 Å². The van der Waals surface area contributed by atoms with E-state index in [-0.39, 0.29) is 12.6 Å². The summed E-state index contributed by atoms with van der Waals surface area (Å²) in [6, 6.07) is 9.71. The van der Waals surface area contributed by atoms with E-state index in [0.717, 1.165) is 23.5 Å². The number of nitriles is 1. The molecule has 4 atom stereocenters. The molecular formula is C26H29FN6O2. The zero-order valence-corrected chi connectivity index (χ0v) is 19.8. The smallest absolute Gasteiger partial charge is 0.255 e. The van der Waals surface area contributed by atoms with Crippen LogP contribution in [0.1, 0.15) is 55.5 Å². The molecule has 3 heterocycles. The molecule has 3 aromatic heterocycles. The zero-order valence-electron chi connectivity index (χ0n) is 19.8. The van der Waals surface area contributed by atoms with Crippen LogP contribution in [-0.4, -0.2) is 50.0 Å². The molecule has 0 spiro atoms. The van der Waals surface area contributed by atoms with E-state index in [1.54, 1.807) is 10.6 Å². The Balaban J connectivity index is 1.46. The second kappa shape index (κ2) is 8.93. The van der Waals surface area contributed by atoms with Gasteiger partial charge >= 0.3 is 0 Å².